The number of carbonyl (C=O) groups is 1. The zero-order valence-corrected chi connectivity index (χ0v) is 25.7. The summed E-state index contributed by atoms with van der Waals surface area (Å²) in [5, 5.41) is 14.0. The van der Waals surface area contributed by atoms with Crippen molar-refractivity contribution in [1.82, 2.24) is 20.2 Å². The Kier molecular flexibility index (Phi) is 7.89. The van der Waals surface area contributed by atoms with Crippen molar-refractivity contribution in [1.29, 1.82) is 5.26 Å². The monoisotopic (exact) mass is 590 g/mol. The summed E-state index contributed by atoms with van der Waals surface area (Å²) < 4.78 is 6.47. The van der Waals surface area contributed by atoms with Crippen LogP contribution < -0.4 is 26.4 Å². The molecule has 2 aromatic rings. The topological polar surface area (TPSA) is 146 Å². The number of ether oxygens (including phenoxy) is 1. The van der Waals surface area contributed by atoms with Crippen LogP contribution in [0.15, 0.2) is 11.6 Å². The fourth-order valence-electron chi connectivity index (χ4n) is 7.61. The van der Waals surface area contributed by atoms with Gasteiger partial charge in [-0.05, 0) is 84.4 Å². The predicted octanol–water partition coefficient (Wildman–Crippen LogP) is 3.35. The molecule has 0 radical (unpaired) electrons. The van der Waals surface area contributed by atoms with Crippen LogP contribution in [0, 0.1) is 11.3 Å². The quantitative estimate of drug-likeness (QED) is 0.443. The van der Waals surface area contributed by atoms with E-state index in [9.17, 15) is 10.1 Å². The molecular formula is C31H42N8O2S. The number of fused-ring (bicyclic) bond motifs is 2. The number of nitrogens with zero attached hydrogens (tertiary/aromatic N) is 5. The second kappa shape index (κ2) is 11.5. The van der Waals surface area contributed by atoms with Gasteiger partial charge in [0, 0.05) is 48.2 Å². The number of carbonyl (C=O) groups excluding carboxylic acids is 1. The zero-order chi connectivity index (χ0) is 29.6. The highest BCUT2D eigenvalue weighted by atomic mass is 32.1. The van der Waals surface area contributed by atoms with Crippen LogP contribution in [0.1, 0.15) is 80.6 Å². The minimum atomic E-state index is -0.766. The van der Waals surface area contributed by atoms with Gasteiger partial charge in [-0.3, -0.25) is 9.69 Å². The number of nitriles is 1. The van der Waals surface area contributed by atoms with Gasteiger partial charge in [0.1, 0.15) is 23.0 Å². The second-order valence-corrected chi connectivity index (χ2v) is 13.6. The Labute approximate surface area is 252 Å². The lowest BCUT2D eigenvalue weighted by Crippen LogP contribution is -2.49. The number of hydrogen-bond acceptors (Lipinski definition) is 11. The van der Waals surface area contributed by atoms with Crippen molar-refractivity contribution < 1.29 is 9.53 Å². The molecule has 0 aromatic carbocycles. The van der Waals surface area contributed by atoms with Crippen molar-refractivity contribution in [3.8, 4) is 11.9 Å². The lowest BCUT2D eigenvalue weighted by Gasteiger charge is -2.40. The maximum atomic E-state index is 14.5. The normalized spacial score (nSPS) is 28.4. The number of anilines is 2. The largest absolute Gasteiger partial charge is 0.473 e. The Morgan fingerprint density at radius 1 is 1.26 bits per heavy atom. The lowest BCUT2D eigenvalue weighted by atomic mass is 9.61. The summed E-state index contributed by atoms with van der Waals surface area (Å²) in [5.74, 6) is 1.57. The number of hydrogen-bond donors (Lipinski definition) is 3. The molecule has 0 bridgehead atoms. The van der Waals surface area contributed by atoms with Gasteiger partial charge >= 0.3 is 0 Å². The number of nitrogens with one attached hydrogen (secondary N) is 1. The van der Waals surface area contributed by atoms with Crippen LogP contribution in [-0.4, -0.2) is 72.1 Å². The number of piperazine rings is 1. The maximum Gasteiger partial charge on any atom is 0.219 e. The van der Waals surface area contributed by atoms with Crippen LogP contribution >= 0.6 is 11.3 Å². The van der Waals surface area contributed by atoms with Crippen LogP contribution in [0.5, 0.6) is 5.88 Å². The summed E-state index contributed by atoms with van der Waals surface area (Å²) in [6, 6.07) is 4.84. The molecule has 10 nitrogen and oxygen atoms in total. The molecule has 1 spiro atoms. The highest BCUT2D eigenvalue weighted by Gasteiger charge is 2.49. The molecule has 4 atom stereocenters. The first-order chi connectivity index (χ1) is 20.2. The number of allylic oxidation sites excluding steroid dienone is 1. The predicted molar refractivity (Wildman–Crippen MR) is 165 cm³/mol. The maximum absolute atomic E-state index is 14.5. The number of rotatable bonds is 5. The number of nitrogen functional groups attached to an aromatic ring is 1. The molecule has 3 fully saturated rings. The molecule has 2 saturated heterocycles. The van der Waals surface area contributed by atoms with Crippen molar-refractivity contribution in [3.05, 3.63) is 33.5 Å². The summed E-state index contributed by atoms with van der Waals surface area (Å²) >= 11 is 1.45. The molecule has 2 aliphatic carbocycles. The SMILES string of the molecule is C[C@@H]1CN(c2cc(O[C@@H](C)[C@@H]3CCCN3C)nc(C(N)=C3CCC[C@@]4(CCCc5sc(N)c(C#N)c54)C3=O)n2)CCN1. The van der Waals surface area contributed by atoms with E-state index in [-0.39, 0.29) is 11.9 Å². The third kappa shape index (κ3) is 5.03. The Bertz CT molecular complexity index is 1450. The summed E-state index contributed by atoms with van der Waals surface area (Å²) in [5.41, 5.74) is 14.5. The third-order valence-electron chi connectivity index (χ3n) is 9.72. The number of aromatic nitrogens is 2. The van der Waals surface area contributed by atoms with E-state index in [0.717, 1.165) is 74.5 Å². The molecular weight excluding hydrogens is 548 g/mol. The fraction of sp³-hybridized carbons (Fsp3) is 0.613. The van der Waals surface area contributed by atoms with Gasteiger partial charge < -0.3 is 26.4 Å². The first kappa shape index (κ1) is 28.9. The van der Waals surface area contributed by atoms with Gasteiger partial charge in [0.25, 0.3) is 0 Å². The number of likely N-dealkylation sites (tertiary alicyclic amines) is 1. The Balaban J connectivity index is 1.40. The number of aryl methyl sites for hydroxylation is 1. The van der Waals surface area contributed by atoms with E-state index in [0.29, 0.717) is 64.9 Å². The second-order valence-electron chi connectivity index (χ2n) is 12.5. The average Bonchev–Trinajstić information content (AvgIpc) is 3.56. The zero-order valence-electron chi connectivity index (χ0n) is 24.9. The molecule has 4 aliphatic rings. The van der Waals surface area contributed by atoms with Gasteiger partial charge in [-0.1, -0.05) is 0 Å². The van der Waals surface area contributed by atoms with Crippen molar-refractivity contribution >= 4 is 33.6 Å². The third-order valence-corrected chi connectivity index (χ3v) is 10.8. The number of thiophene rings is 1. The summed E-state index contributed by atoms with van der Waals surface area (Å²) in [6.07, 6.45) is 6.65. The van der Waals surface area contributed by atoms with Crippen molar-refractivity contribution in [2.24, 2.45) is 5.73 Å². The van der Waals surface area contributed by atoms with E-state index in [1.165, 1.54) is 11.3 Å². The Morgan fingerprint density at radius 2 is 2.05 bits per heavy atom. The van der Waals surface area contributed by atoms with Crippen LogP contribution in [0.25, 0.3) is 5.70 Å². The molecule has 0 amide bonds. The molecule has 224 valence electrons. The van der Waals surface area contributed by atoms with Gasteiger partial charge in [0.2, 0.25) is 5.88 Å². The molecule has 42 heavy (non-hydrogen) atoms. The highest BCUT2D eigenvalue weighted by Crippen LogP contribution is 2.52. The highest BCUT2D eigenvalue weighted by molar-refractivity contribution is 7.16. The van der Waals surface area contributed by atoms with E-state index >= 15 is 0 Å². The van der Waals surface area contributed by atoms with Gasteiger partial charge in [0.15, 0.2) is 11.6 Å². The van der Waals surface area contributed by atoms with Gasteiger partial charge in [-0.2, -0.15) is 10.2 Å². The van der Waals surface area contributed by atoms with Crippen molar-refractivity contribution in [2.75, 3.05) is 43.9 Å². The number of nitrogens with two attached hydrogens (primary N) is 2. The number of Topliss-reactive ketones (excluding diaryl/α,β-unsaturated/α-hetero) is 1. The Morgan fingerprint density at radius 3 is 2.76 bits per heavy atom. The molecule has 2 aliphatic heterocycles. The van der Waals surface area contributed by atoms with E-state index in [2.05, 4.69) is 42.1 Å². The molecule has 4 heterocycles. The smallest absolute Gasteiger partial charge is 0.219 e. The van der Waals surface area contributed by atoms with Crippen LogP contribution in [-0.2, 0) is 16.6 Å². The summed E-state index contributed by atoms with van der Waals surface area (Å²) in [6.45, 7) is 7.77. The van der Waals surface area contributed by atoms with E-state index in [4.69, 9.17) is 26.2 Å². The summed E-state index contributed by atoms with van der Waals surface area (Å²) in [4.78, 5) is 29.8. The van der Waals surface area contributed by atoms with Gasteiger partial charge in [0.05, 0.1) is 16.7 Å². The first-order valence-corrected chi connectivity index (χ1v) is 16.1. The minimum Gasteiger partial charge on any atom is -0.473 e. The number of ketones is 1. The Hall–Kier alpha value is -3.20. The molecule has 5 N–H and O–H groups in total. The molecule has 1 saturated carbocycles. The van der Waals surface area contributed by atoms with E-state index in [1.807, 2.05) is 6.07 Å². The molecule has 2 aromatic heterocycles. The molecule has 11 heteroatoms. The first-order valence-electron chi connectivity index (χ1n) is 15.3. The molecule has 0 unspecified atom stereocenters. The van der Waals surface area contributed by atoms with Crippen LogP contribution in [0.3, 0.4) is 0 Å². The average molecular weight is 591 g/mol. The standard InChI is InChI=1S/C31H42N8O2S/c1-18-17-39(14-12-35-18)24-15-25(41-19(2)22-8-6-13-38(22)3)37-30(36-24)27(33)20-7-4-10-31(28(20)40)11-5-9-23-26(31)21(16-32)29(34)42-23/h15,18-19,22,35H,4-14,17,33-34H2,1-3H3/t18-,19+,22+,31+/m1/s1. The molecule has 6 rings (SSSR count). The fourth-order valence-corrected chi connectivity index (χ4v) is 8.77. The van der Waals surface area contributed by atoms with E-state index in [1.54, 1.807) is 0 Å². The number of likely N-dealkylation sites (N-methyl/N-ethyl adjacent to an activating group) is 1. The summed E-state index contributed by atoms with van der Waals surface area (Å²) in [7, 11) is 2.14. The van der Waals surface area contributed by atoms with Crippen LogP contribution in [0.2, 0.25) is 0 Å². The van der Waals surface area contributed by atoms with Gasteiger partial charge in [-0.15, -0.1) is 11.3 Å². The van der Waals surface area contributed by atoms with Crippen LogP contribution in [0.4, 0.5) is 10.8 Å². The lowest BCUT2D eigenvalue weighted by molar-refractivity contribution is -0.122. The van der Waals surface area contributed by atoms with Gasteiger partial charge in [-0.25, -0.2) is 4.98 Å². The van der Waals surface area contributed by atoms with E-state index < -0.39 is 5.41 Å². The van der Waals surface area contributed by atoms with Crippen molar-refractivity contribution in [2.45, 2.75) is 88.8 Å². The minimum absolute atomic E-state index is 0.00489. The van der Waals surface area contributed by atoms with Crippen molar-refractivity contribution in [3.63, 3.8) is 0 Å².